The summed E-state index contributed by atoms with van der Waals surface area (Å²) in [5.74, 6) is 1.18. The number of aliphatic hydroxyl groups excluding tert-OH is 1. The number of aliphatic hydroxyl groups is 1. The van der Waals surface area contributed by atoms with E-state index in [1.165, 1.54) is 44.3 Å². The van der Waals surface area contributed by atoms with Crippen molar-refractivity contribution in [1.82, 2.24) is 9.78 Å². The first-order valence-corrected chi connectivity index (χ1v) is 9.02. The van der Waals surface area contributed by atoms with Crippen LogP contribution in [0.25, 0.3) is 0 Å². The van der Waals surface area contributed by atoms with Crippen LogP contribution in [0.5, 0.6) is 0 Å². The predicted octanol–water partition coefficient (Wildman–Crippen LogP) is 3.58. The predicted molar refractivity (Wildman–Crippen MR) is 84.2 cm³/mol. The van der Waals surface area contributed by atoms with E-state index in [9.17, 15) is 5.11 Å². The van der Waals surface area contributed by atoms with Crippen molar-refractivity contribution in [1.29, 1.82) is 0 Å². The minimum atomic E-state index is -0.273. The zero-order valence-corrected chi connectivity index (χ0v) is 13.2. The maximum absolute atomic E-state index is 10.5. The highest BCUT2D eigenvalue weighted by Gasteiger charge is 2.37. The van der Waals surface area contributed by atoms with Crippen LogP contribution >= 0.6 is 11.8 Å². The molecule has 2 aliphatic rings. The summed E-state index contributed by atoms with van der Waals surface area (Å²) in [6, 6.07) is 2.69. The smallest absolute Gasteiger partial charge is 0.0740 e. The molecule has 3 nitrogen and oxygen atoms in total. The fourth-order valence-electron chi connectivity index (χ4n) is 3.51. The summed E-state index contributed by atoms with van der Waals surface area (Å²) in [7, 11) is 0. The molecule has 2 unspecified atom stereocenters. The first kappa shape index (κ1) is 14.5. The van der Waals surface area contributed by atoms with Crippen molar-refractivity contribution in [2.75, 3.05) is 5.75 Å². The molecule has 1 aliphatic carbocycles. The molecule has 3 rings (SSSR count). The molecule has 0 amide bonds. The molecule has 0 bridgehead atoms. The Balaban J connectivity index is 1.61. The second kappa shape index (κ2) is 6.10. The van der Waals surface area contributed by atoms with Gasteiger partial charge in [-0.15, -0.1) is 0 Å². The third-order valence-electron chi connectivity index (χ3n) is 4.97. The molecule has 1 saturated carbocycles. The van der Waals surface area contributed by atoms with Crippen LogP contribution in [0.1, 0.15) is 63.6 Å². The third-order valence-corrected chi connectivity index (χ3v) is 6.60. The van der Waals surface area contributed by atoms with E-state index < -0.39 is 0 Å². The Morgan fingerprint density at radius 3 is 2.90 bits per heavy atom. The number of thioether (sulfide) groups is 1. The van der Waals surface area contributed by atoms with E-state index in [0.717, 1.165) is 12.1 Å². The highest BCUT2D eigenvalue weighted by Crippen LogP contribution is 2.41. The first-order valence-electron chi connectivity index (χ1n) is 8.03. The molecule has 112 valence electrons. The van der Waals surface area contributed by atoms with Gasteiger partial charge in [0.05, 0.1) is 17.8 Å². The average molecular weight is 294 g/mol. The van der Waals surface area contributed by atoms with Gasteiger partial charge in [0, 0.05) is 17.4 Å². The molecule has 2 heterocycles. The molecule has 0 spiro atoms. The Bertz CT molecular complexity index is 433. The fraction of sp³-hybridized carbons (Fsp3) is 0.812. The van der Waals surface area contributed by atoms with Gasteiger partial charge in [0.15, 0.2) is 0 Å². The topological polar surface area (TPSA) is 38.0 Å². The number of rotatable bonds is 4. The van der Waals surface area contributed by atoms with Crippen molar-refractivity contribution < 1.29 is 5.11 Å². The summed E-state index contributed by atoms with van der Waals surface area (Å²) in [6.07, 6.45) is 11.5. The molecule has 4 heteroatoms. The Labute approximate surface area is 126 Å². The minimum absolute atomic E-state index is 0.0363. The number of hydrogen-bond acceptors (Lipinski definition) is 3. The summed E-state index contributed by atoms with van der Waals surface area (Å²) in [6.45, 7) is 2.20. The Morgan fingerprint density at radius 2 is 2.20 bits per heavy atom. The molecular weight excluding hydrogens is 268 g/mol. The SMILES string of the molecule is CC1(C(O)Cc2ccn(C3CCCCC3)n2)CCCS1. The van der Waals surface area contributed by atoms with Gasteiger partial charge < -0.3 is 5.11 Å². The maximum Gasteiger partial charge on any atom is 0.0740 e. The molecule has 1 saturated heterocycles. The summed E-state index contributed by atoms with van der Waals surface area (Å²) >= 11 is 1.92. The number of nitrogens with zero attached hydrogens (tertiary/aromatic N) is 2. The molecule has 20 heavy (non-hydrogen) atoms. The molecule has 2 fully saturated rings. The van der Waals surface area contributed by atoms with E-state index in [0.29, 0.717) is 12.5 Å². The van der Waals surface area contributed by atoms with E-state index in [1.807, 2.05) is 11.8 Å². The molecule has 1 aliphatic heterocycles. The summed E-state index contributed by atoms with van der Waals surface area (Å²) in [5, 5.41) is 15.2. The molecule has 2 atom stereocenters. The van der Waals surface area contributed by atoms with Crippen LogP contribution < -0.4 is 0 Å². The molecule has 1 aromatic rings. The van der Waals surface area contributed by atoms with E-state index in [1.54, 1.807) is 0 Å². The van der Waals surface area contributed by atoms with Crippen LogP contribution in [-0.4, -0.2) is 31.5 Å². The summed E-state index contributed by atoms with van der Waals surface area (Å²) in [5.41, 5.74) is 1.05. The largest absolute Gasteiger partial charge is 0.391 e. The van der Waals surface area contributed by atoms with E-state index in [-0.39, 0.29) is 10.9 Å². The number of aromatic nitrogens is 2. The standard InChI is InChI=1S/C16H26N2OS/c1-16(9-5-11-20-16)15(19)12-13-8-10-18(17-13)14-6-3-2-4-7-14/h8,10,14-15,19H,2-7,9,11-12H2,1H3. The van der Waals surface area contributed by atoms with Crippen molar-refractivity contribution >= 4 is 11.8 Å². The highest BCUT2D eigenvalue weighted by atomic mass is 32.2. The van der Waals surface area contributed by atoms with Gasteiger partial charge in [-0.2, -0.15) is 16.9 Å². The summed E-state index contributed by atoms with van der Waals surface area (Å²) in [4.78, 5) is 0. The Kier molecular flexibility index (Phi) is 4.41. The average Bonchev–Trinajstić information content (AvgIpc) is 3.10. The molecule has 0 radical (unpaired) electrons. The fourth-order valence-corrected chi connectivity index (χ4v) is 4.83. The quantitative estimate of drug-likeness (QED) is 0.922. The second-order valence-electron chi connectivity index (χ2n) is 6.56. The lowest BCUT2D eigenvalue weighted by Crippen LogP contribution is -2.35. The van der Waals surface area contributed by atoms with Gasteiger partial charge in [0.25, 0.3) is 0 Å². The zero-order valence-electron chi connectivity index (χ0n) is 12.4. The lowest BCUT2D eigenvalue weighted by molar-refractivity contribution is 0.132. The van der Waals surface area contributed by atoms with Crippen molar-refractivity contribution in [3.05, 3.63) is 18.0 Å². The van der Waals surface area contributed by atoms with Crippen LogP contribution in [0.4, 0.5) is 0 Å². The zero-order chi connectivity index (χ0) is 14.0. The van der Waals surface area contributed by atoms with Gasteiger partial charge in [-0.1, -0.05) is 19.3 Å². The van der Waals surface area contributed by atoms with E-state index in [4.69, 9.17) is 5.10 Å². The van der Waals surface area contributed by atoms with Crippen molar-refractivity contribution in [3.63, 3.8) is 0 Å². The minimum Gasteiger partial charge on any atom is -0.391 e. The number of hydrogen-bond donors (Lipinski definition) is 1. The van der Waals surface area contributed by atoms with E-state index in [2.05, 4.69) is 23.9 Å². The lowest BCUT2D eigenvalue weighted by atomic mass is 9.95. The van der Waals surface area contributed by atoms with Gasteiger partial charge in [-0.05, 0) is 44.4 Å². The van der Waals surface area contributed by atoms with Gasteiger partial charge in [-0.3, -0.25) is 4.68 Å². The second-order valence-corrected chi connectivity index (χ2v) is 8.19. The van der Waals surface area contributed by atoms with Crippen molar-refractivity contribution in [2.24, 2.45) is 0 Å². The Hall–Kier alpha value is -0.480. The normalized spacial score (nSPS) is 29.7. The van der Waals surface area contributed by atoms with Crippen LogP contribution in [0.3, 0.4) is 0 Å². The molecular formula is C16H26N2OS. The summed E-state index contributed by atoms with van der Waals surface area (Å²) < 4.78 is 2.18. The van der Waals surface area contributed by atoms with Gasteiger partial charge in [0.2, 0.25) is 0 Å². The van der Waals surface area contributed by atoms with Gasteiger partial charge in [0.1, 0.15) is 0 Å². The van der Waals surface area contributed by atoms with Crippen molar-refractivity contribution in [3.8, 4) is 0 Å². The monoisotopic (exact) mass is 294 g/mol. The highest BCUT2D eigenvalue weighted by molar-refractivity contribution is 8.00. The van der Waals surface area contributed by atoms with Gasteiger partial charge >= 0.3 is 0 Å². The Morgan fingerprint density at radius 1 is 1.40 bits per heavy atom. The molecule has 0 aromatic carbocycles. The van der Waals surface area contributed by atoms with Crippen LogP contribution in [0.2, 0.25) is 0 Å². The van der Waals surface area contributed by atoms with Crippen LogP contribution in [0.15, 0.2) is 12.3 Å². The lowest BCUT2D eigenvalue weighted by Gasteiger charge is -2.28. The first-order chi connectivity index (χ1) is 9.67. The maximum atomic E-state index is 10.5. The molecule has 1 aromatic heterocycles. The molecule has 1 N–H and O–H groups in total. The van der Waals surface area contributed by atoms with Crippen LogP contribution in [0, 0.1) is 0 Å². The third kappa shape index (κ3) is 3.06. The van der Waals surface area contributed by atoms with Gasteiger partial charge in [-0.25, -0.2) is 0 Å². The van der Waals surface area contributed by atoms with E-state index >= 15 is 0 Å². The van der Waals surface area contributed by atoms with Crippen LogP contribution in [-0.2, 0) is 6.42 Å². The van der Waals surface area contributed by atoms with Crippen molar-refractivity contribution in [2.45, 2.75) is 75.2 Å².